The minimum absolute atomic E-state index is 0.829. The predicted molar refractivity (Wildman–Crippen MR) is 72.8 cm³/mol. The zero-order valence-electron chi connectivity index (χ0n) is 11.3. The minimum atomic E-state index is 0.829. The van der Waals surface area contributed by atoms with Crippen LogP contribution in [0, 0.1) is 13.8 Å². The first-order chi connectivity index (χ1) is 8.70. The molecule has 2 aromatic heterocycles. The van der Waals surface area contributed by atoms with E-state index in [1.165, 1.54) is 5.56 Å². The molecule has 0 saturated carbocycles. The third-order valence-corrected chi connectivity index (χ3v) is 2.81. The number of nitrogens with one attached hydrogen (secondary N) is 1. The molecule has 2 heterocycles. The lowest BCUT2D eigenvalue weighted by molar-refractivity contribution is 0.667. The van der Waals surface area contributed by atoms with Crippen molar-refractivity contribution in [2.24, 2.45) is 0 Å². The summed E-state index contributed by atoms with van der Waals surface area (Å²) in [5.74, 6) is 0. The highest BCUT2D eigenvalue weighted by Gasteiger charge is 2.06. The molecule has 0 aliphatic carbocycles. The standard InChI is InChI=1S/C14H20N4/c1-4-6-15-9-13-10-16-12(3)8-14(13)18-7-5-11(2)17-18/h5,7-8,10,15H,4,6,9H2,1-3H3. The van der Waals surface area contributed by atoms with Crippen LogP contribution in [0.4, 0.5) is 0 Å². The molecule has 4 nitrogen and oxygen atoms in total. The van der Waals surface area contributed by atoms with Crippen molar-refractivity contribution in [2.45, 2.75) is 33.7 Å². The molecule has 1 N–H and O–H groups in total. The van der Waals surface area contributed by atoms with Crippen LogP contribution < -0.4 is 5.32 Å². The average Bonchev–Trinajstić information content (AvgIpc) is 2.78. The third kappa shape index (κ3) is 2.96. The van der Waals surface area contributed by atoms with Crippen molar-refractivity contribution in [1.82, 2.24) is 20.1 Å². The number of hydrogen-bond donors (Lipinski definition) is 1. The molecular weight excluding hydrogens is 224 g/mol. The molecular formula is C14H20N4. The zero-order chi connectivity index (χ0) is 13.0. The Morgan fingerprint density at radius 3 is 2.78 bits per heavy atom. The first kappa shape index (κ1) is 12.8. The van der Waals surface area contributed by atoms with Crippen molar-refractivity contribution >= 4 is 0 Å². The molecule has 0 bridgehead atoms. The summed E-state index contributed by atoms with van der Waals surface area (Å²) in [5.41, 5.74) is 4.32. The Labute approximate surface area is 108 Å². The van der Waals surface area contributed by atoms with E-state index in [2.05, 4.69) is 28.4 Å². The fourth-order valence-electron chi connectivity index (χ4n) is 1.87. The van der Waals surface area contributed by atoms with E-state index in [1.54, 1.807) is 0 Å². The third-order valence-electron chi connectivity index (χ3n) is 2.81. The van der Waals surface area contributed by atoms with Crippen LogP contribution >= 0.6 is 0 Å². The van der Waals surface area contributed by atoms with Crippen LogP contribution in [-0.2, 0) is 6.54 Å². The number of pyridine rings is 1. The van der Waals surface area contributed by atoms with Gasteiger partial charge in [0, 0.05) is 30.2 Å². The Morgan fingerprint density at radius 2 is 2.11 bits per heavy atom. The summed E-state index contributed by atoms with van der Waals surface area (Å²) in [5, 5.41) is 7.88. The molecule has 2 rings (SSSR count). The number of hydrogen-bond acceptors (Lipinski definition) is 3. The van der Waals surface area contributed by atoms with E-state index in [1.807, 2.05) is 37.0 Å². The maximum atomic E-state index is 4.47. The van der Waals surface area contributed by atoms with Gasteiger partial charge in [0.15, 0.2) is 0 Å². The van der Waals surface area contributed by atoms with E-state index < -0.39 is 0 Å². The first-order valence-electron chi connectivity index (χ1n) is 6.39. The Hall–Kier alpha value is -1.68. The highest BCUT2D eigenvalue weighted by atomic mass is 15.3. The van der Waals surface area contributed by atoms with Crippen LogP contribution in [0.5, 0.6) is 0 Å². The van der Waals surface area contributed by atoms with Crippen molar-refractivity contribution in [3.63, 3.8) is 0 Å². The van der Waals surface area contributed by atoms with E-state index in [9.17, 15) is 0 Å². The van der Waals surface area contributed by atoms with Gasteiger partial charge in [0.2, 0.25) is 0 Å². The molecule has 0 saturated heterocycles. The minimum Gasteiger partial charge on any atom is -0.313 e. The quantitative estimate of drug-likeness (QED) is 0.821. The van der Waals surface area contributed by atoms with Gasteiger partial charge in [-0.25, -0.2) is 4.68 Å². The fourth-order valence-corrected chi connectivity index (χ4v) is 1.87. The van der Waals surface area contributed by atoms with Gasteiger partial charge in [0.25, 0.3) is 0 Å². The molecule has 0 aliphatic rings. The van der Waals surface area contributed by atoms with Gasteiger partial charge in [-0.1, -0.05) is 6.92 Å². The van der Waals surface area contributed by atoms with Crippen molar-refractivity contribution < 1.29 is 0 Å². The fraction of sp³-hybridized carbons (Fsp3) is 0.429. The Morgan fingerprint density at radius 1 is 1.28 bits per heavy atom. The summed E-state index contributed by atoms with van der Waals surface area (Å²) in [4.78, 5) is 4.37. The second kappa shape index (κ2) is 5.78. The maximum absolute atomic E-state index is 4.47. The maximum Gasteiger partial charge on any atom is 0.0724 e. The second-order valence-electron chi connectivity index (χ2n) is 4.53. The first-order valence-corrected chi connectivity index (χ1v) is 6.39. The molecule has 96 valence electrons. The average molecular weight is 244 g/mol. The van der Waals surface area contributed by atoms with Crippen LogP contribution in [0.3, 0.4) is 0 Å². The van der Waals surface area contributed by atoms with Gasteiger partial charge in [-0.05, 0) is 38.9 Å². The normalized spacial score (nSPS) is 10.8. The summed E-state index contributed by atoms with van der Waals surface area (Å²) in [6.45, 7) is 8.02. The Kier molecular flexibility index (Phi) is 4.10. The van der Waals surface area contributed by atoms with Gasteiger partial charge in [0.05, 0.1) is 11.4 Å². The molecule has 0 unspecified atom stereocenters. The molecule has 4 heteroatoms. The van der Waals surface area contributed by atoms with Crippen LogP contribution in [0.2, 0.25) is 0 Å². The summed E-state index contributed by atoms with van der Waals surface area (Å²) < 4.78 is 1.92. The van der Waals surface area contributed by atoms with E-state index in [0.717, 1.165) is 36.6 Å². The second-order valence-corrected chi connectivity index (χ2v) is 4.53. The van der Waals surface area contributed by atoms with E-state index in [0.29, 0.717) is 0 Å². The van der Waals surface area contributed by atoms with Crippen molar-refractivity contribution in [1.29, 1.82) is 0 Å². The lowest BCUT2D eigenvalue weighted by atomic mass is 10.2. The van der Waals surface area contributed by atoms with Crippen LogP contribution in [0.25, 0.3) is 5.69 Å². The molecule has 0 spiro atoms. The molecule has 0 radical (unpaired) electrons. The zero-order valence-corrected chi connectivity index (χ0v) is 11.3. The van der Waals surface area contributed by atoms with Crippen molar-refractivity contribution in [2.75, 3.05) is 6.54 Å². The molecule has 0 atom stereocenters. The topological polar surface area (TPSA) is 42.7 Å². The van der Waals surface area contributed by atoms with Crippen LogP contribution in [-0.4, -0.2) is 21.3 Å². The van der Waals surface area contributed by atoms with E-state index in [4.69, 9.17) is 0 Å². The number of rotatable bonds is 5. The monoisotopic (exact) mass is 244 g/mol. The van der Waals surface area contributed by atoms with Gasteiger partial charge in [-0.3, -0.25) is 4.98 Å². The number of nitrogens with zero attached hydrogens (tertiary/aromatic N) is 3. The summed E-state index contributed by atoms with van der Waals surface area (Å²) in [6.07, 6.45) is 5.06. The number of aryl methyl sites for hydroxylation is 2. The predicted octanol–water partition coefficient (Wildman–Crippen LogP) is 2.38. The molecule has 18 heavy (non-hydrogen) atoms. The smallest absolute Gasteiger partial charge is 0.0724 e. The van der Waals surface area contributed by atoms with Crippen LogP contribution in [0.1, 0.15) is 30.3 Å². The lowest BCUT2D eigenvalue weighted by Crippen LogP contribution is -2.16. The largest absolute Gasteiger partial charge is 0.313 e. The Bertz CT molecular complexity index is 516. The van der Waals surface area contributed by atoms with Crippen molar-refractivity contribution in [3.8, 4) is 5.69 Å². The summed E-state index contributed by atoms with van der Waals surface area (Å²) in [6, 6.07) is 4.09. The summed E-state index contributed by atoms with van der Waals surface area (Å²) >= 11 is 0. The Balaban J connectivity index is 2.29. The van der Waals surface area contributed by atoms with Gasteiger partial charge in [-0.2, -0.15) is 5.10 Å². The number of aromatic nitrogens is 3. The van der Waals surface area contributed by atoms with Gasteiger partial charge < -0.3 is 5.32 Å². The molecule has 0 aliphatic heterocycles. The molecule has 0 aromatic carbocycles. The summed E-state index contributed by atoms with van der Waals surface area (Å²) in [7, 11) is 0. The molecule has 0 fully saturated rings. The lowest BCUT2D eigenvalue weighted by Gasteiger charge is -2.11. The van der Waals surface area contributed by atoms with E-state index >= 15 is 0 Å². The highest BCUT2D eigenvalue weighted by molar-refractivity contribution is 5.40. The van der Waals surface area contributed by atoms with Crippen LogP contribution in [0.15, 0.2) is 24.5 Å². The highest BCUT2D eigenvalue weighted by Crippen LogP contribution is 2.14. The van der Waals surface area contributed by atoms with Gasteiger partial charge in [-0.15, -0.1) is 0 Å². The van der Waals surface area contributed by atoms with E-state index in [-0.39, 0.29) is 0 Å². The van der Waals surface area contributed by atoms with Gasteiger partial charge in [0.1, 0.15) is 0 Å². The molecule has 0 amide bonds. The van der Waals surface area contributed by atoms with Crippen molar-refractivity contribution in [3.05, 3.63) is 41.5 Å². The van der Waals surface area contributed by atoms with Gasteiger partial charge >= 0.3 is 0 Å². The SMILES string of the molecule is CCCNCc1cnc(C)cc1-n1ccc(C)n1. The molecule has 2 aromatic rings.